The predicted octanol–water partition coefficient (Wildman–Crippen LogP) is 1.32. The van der Waals surface area contributed by atoms with E-state index in [1.807, 2.05) is 13.0 Å². The molecule has 1 aliphatic heterocycles. The highest BCUT2D eigenvalue weighted by molar-refractivity contribution is 4.89. The van der Waals surface area contributed by atoms with Gasteiger partial charge in [-0.2, -0.15) is 0 Å². The van der Waals surface area contributed by atoms with Gasteiger partial charge in [-0.25, -0.2) is 0 Å². The van der Waals surface area contributed by atoms with Crippen LogP contribution in [-0.2, 0) is 9.47 Å². The zero-order chi connectivity index (χ0) is 9.40. The Morgan fingerprint density at radius 1 is 1.42 bits per heavy atom. The Morgan fingerprint density at radius 3 is 2.50 bits per heavy atom. The van der Waals surface area contributed by atoms with Crippen molar-refractivity contribution in [2.75, 3.05) is 14.2 Å². The summed E-state index contributed by atoms with van der Waals surface area (Å²) >= 11 is 0. The summed E-state index contributed by atoms with van der Waals surface area (Å²) in [7, 11) is 2.68. The molecular formula is C9H18O3. The average Bonchev–Trinajstić information content (AvgIpc) is 2.57. The van der Waals surface area contributed by atoms with Crippen LogP contribution in [0.3, 0.4) is 0 Å². The Morgan fingerprint density at radius 2 is 2.08 bits per heavy atom. The van der Waals surface area contributed by atoms with E-state index in [1.165, 1.54) is 0 Å². The van der Waals surface area contributed by atoms with Crippen LogP contribution in [-0.4, -0.2) is 31.7 Å². The molecule has 0 aromatic heterocycles. The molecule has 3 heteroatoms. The maximum absolute atomic E-state index is 7.00. The molecule has 2 atom stereocenters. The van der Waals surface area contributed by atoms with Crippen LogP contribution in [0.2, 0.25) is 0 Å². The second-order valence-corrected chi connectivity index (χ2v) is 2.44. The lowest BCUT2D eigenvalue weighted by Crippen LogP contribution is -2.10. The lowest BCUT2D eigenvalue weighted by Gasteiger charge is -2.07. The van der Waals surface area contributed by atoms with Crippen molar-refractivity contribution in [2.45, 2.75) is 32.2 Å². The third kappa shape index (κ3) is 3.85. The van der Waals surface area contributed by atoms with E-state index >= 15 is 0 Å². The van der Waals surface area contributed by atoms with Gasteiger partial charge in [-0.1, -0.05) is 12.2 Å². The highest BCUT2D eigenvalue weighted by Gasteiger charge is 2.21. The van der Waals surface area contributed by atoms with E-state index in [2.05, 4.69) is 6.08 Å². The molecule has 1 fully saturated rings. The summed E-state index contributed by atoms with van der Waals surface area (Å²) in [5.74, 6) is 0. The van der Waals surface area contributed by atoms with Crippen LogP contribution >= 0.6 is 0 Å². The fraction of sp³-hybridized carbons (Fsp3) is 0.778. The molecule has 0 bridgehead atoms. The number of aliphatic hydroxyl groups is 1. The second kappa shape index (κ2) is 7.28. The number of hydrogen-bond acceptors (Lipinski definition) is 3. The molecule has 1 rings (SSSR count). The first-order valence-corrected chi connectivity index (χ1v) is 4.12. The summed E-state index contributed by atoms with van der Waals surface area (Å²) in [6.45, 7) is 2.00. The molecule has 0 aliphatic carbocycles. The van der Waals surface area contributed by atoms with Crippen LogP contribution in [0.4, 0.5) is 0 Å². The van der Waals surface area contributed by atoms with Crippen LogP contribution in [0, 0.1) is 0 Å². The highest BCUT2D eigenvalue weighted by atomic mass is 16.7. The molecule has 3 nitrogen and oxygen atoms in total. The van der Waals surface area contributed by atoms with Crippen molar-refractivity contribution >= 4 is 0 Å². The van der Waals surface area contributed by atoms with E-state index in [1.54, 1.807) is 7.11 Å². The normalized spacial score (nSPS) is 28.7. The SMILES string of the molecule is C/C=C/C1CCC(OC)O1.CO. The molecular weight excluding hydrogens is 156 g/mol. The quantitative estimate of drug-likeness (QED) is 0.642. The molecule has 0 amide bonds. The number of rotatable bonds is 2. The Labute approximate surface area is 74.0 Å². The lowest BCUT2D eigenvalue weighted by atomic mass is 10.2. The minimum Gasteiger partial charge on any atom is -0.400 e. The van der Waals surface area contributed by atoms with Crippen LogP contribution < -0.4 is 0 Å². The molecule has 0 aromatic carbocycles. The topological polar surface area (TPSA) is 38.7 Å². The molecule has 1 aliphatic rings. The van der Waals surface area contributed by atoms with Gasteiger partial charge in [0.05, 0.1) is 6.10 Å². The summed E-state index contributed by atoms with van der Waals surface area (Å²) in [4.78, 5) is 0. The minimum atomic E-state index is 0.0289. The summed E-state index contributed by atoms with van der Waals surface area (Å²) in [6.07, 6.45) is 6.51. The van der Waals surface area contributed by atoms with Gasteiger partial charge in [-0.05, 0) is 13.3 Å². The fourth-order valence-corrected chi connectivity index (χ4v) is 1.16. The van der Waals surface area contributed by atoms with Crippen molar-refractivity contribution in [3.05, 3.63) is 12.2 Å². The Hall–Kier alpha value is -0.380. The van der Waals surface area contributed by atoms with Crippen molar-refractivity contribution in [1.29, 1.82) is 0 Å². The average molecular weight is 174 g/mol. The van der Waals surface area contributed by atoms with Gasteiger partial charge in [0.25, 0.3) is 0 Å². The highest BCUT2D eigenvalue weighted by Crippen LogP contribution is 2.20. The van der Waals surface area contributed by atoms with E-state index in [4.69, 9.17) is 14.6 Å². The molecule has 0 saturated carbocycles. The van der Waals surface area contributed by atoms with E-state index in [9.17, 15) is 0 Å². The van der Waals surface area contributed by atoms with Gasteiger partial charge < -0.3 is 14.6 Å². The molecule has 0 aromatic rings. The molecule has 1 heterocycles. The Bertz CT molecular complexity index is 123. The third-order valence-corrected chi connectivity index (χ3v) is 1.68. The molecule has 12 heavy (non-hydrogen) atoms. The number of aliphatic hydroxyl groups excluding tert-OH is 1. The monoisotopic (exact) mass is 174 g/mol. The zero-order valence-corrected chi connectivity index (χ0v) is 7.99. The smallest absolute Gasteiger partial charge is 0.158 e. The van der Waals surface area contributed by atoms with Gasteiger partial charge in [0.1, 0.15) is 0 Å². The summed E-state index contributed by atoms with van der Waals surface area (Å²) in [6, 6.07) is 0. The largest absolute Gasteiger partial charge is 0.400 e. The van der Waals surface area contributed by atoms with E-state index in [-0.39, 0.29) is 12.4 Å². The zero-order valence-electron chi connectivity index (χ0n) is 7.99. The molecule has 0 radical (unpaired) electrons. The van der Waals surface area contributed by atoms with Crippen LogP contribution in [0.5, 0.6) is 0 Å². The fourth-order valence-electron chi connectivity index (χ4n) is 1.16. The minimum absolute atomic E-state index is 0.0289. The summed E-state index contributed by atoms with van der Waals surface area (Å²) < 4.78 is 10.5. The van der Waals surface area contributed by atoms with E-state index in [0.29, 0.717) is 0 Å². The molecule has 1 N–H and O–H groups in total. The molecule has 0 spiro atoms. The maximum Gasteiger partial charge on any atom is 0.158 e. The van der Waals surface area contributed by atoms with Crippen molar-refractivity contribution < 1.29 is 14.6 Å². The number of allylic oxidation sites excluding steroid dienone is 1. The predicted molar refractivity (Wildman–Crippen MR) is 47.9 cm³/mol. The first-order chi connectivity index (χ1) is 5.86. The lowest BCUT2D eigenvalue weighted by molar-refractivity contribution is -0.104. The van der Waals surface area contributed by atoms with Gasteiger partial charge in [0.2, 0.25) is 0 Å². The summed E-state index contributed by atoms with van der Waals surface area (Å²) in [5.41, 5.74) is 0. The second-order valence-electron chi connectivity index (χ2n) is 2.44. The number of ether oxygens (including phenoxy) is 2. The van der Waals surface area contributed by atoms with Crippen molar-refractivity contribution in [2.24, 2.45) is 0 Å². The van der Waals surface area contributed by atoms with Crippen LogP contribution in [0.15, 0.2) is 12.2 Å². The van der Waals surface area contributed by atoms with Crippen molar-refractivity contribution in [1.82, 2.24) is 0 Å². The van der Waals surface area contributed by atoms with Gasteiger partial charge in [-0.3, -0.25) is 0 Å². The Kier molecular flexibility index (Phi) is 7.05. The number of methoxy groups -OCH3 is 1. The van der Waals surface area contributed by atoms with Gasteiger partial charge >= 0.3 is 0 Å². The van der Waals surface area contributed by atoms with Gasteiger partial charge in [-0.15, -0.1) is 0 Å². The first-order valence-electron chi connectivity index (χ1n) is 4.12. The standard InChI is InChI=1S/C8H14O2.CH4O/c1-3-4-7-5-6-8(9-2)10-7;1-2/h3-4,7-8H,5-6H2,1-2H3;2H,1H3/b4-3+;. The molecule has 1 saturated heterocycles. The summed E-state index contributed by atoms with van der Waals surface area (Å²) in [5, 5.41) is 7.00. The molecule has 2 unspecified atom stereocenters. The van der Waals surface area contributed by atoms with Crippen molar-refractivity contribution in [3.8, 4) is 0 Å². The van der Waals surface area contributed by atoms with E-state index in [0.717, 1.165) is 20.0 Å². The Balaban J connectivity index is 0.000000561. The van der Waals surface area contributed by atoms with Crippen molar-refractivity contribution in [3.63, 3.8) is 0 Å². The van der Waals surface area contributed by atoms with Crippen LogP contribution in [0.1, 0.15) is 19.8 Å². The maximum atomic E-state index is 7.00. The van der Waals surface area contributed by atoms with Crippen LogP contribution in [0.25, 0.3) is 0 Å². The van der Waals surface area contributed by atoms with Gasteiger partial charge in [0, 0.05) is 20.6 Å². The third-order valence-electron chi connectivity index (χ3n) is 1.68. The van der Waals surface area contributed by atoms with Gasteiger partial charge in [0.15, 0.2) is 6.29 Å². The molecule has 72 valence electrons. The number of hydrogen-bond donors (Lipinski definition) is 1. The van der Waals surface area contributed by atoms with E-state index < -0.39 is 0 Å². The first kappa shape index (κ1) is 11.6.